The Morgan fingerprint density at radius 3 is 2.41 bits per heavy atom. The van der Waals surface area contributed by atoms with Crippen LogP contribution in [0.1, 0.15) is 52.1 Å². The van der Waals surface area contributed by atoms with Crippen LogP contribution < -0.4 is 4.74 Å². The van der Waals surface area contributed by atoms with Crippen LogP contribution in [0.15, 0.2) is 24.3 Å². The fourth-order valence-electron chi connectivity index (χ4n) is 3.26. The lowest BCUT2D eigenvalue weighted by atomic mass is 9.95. The minimum atomic E-state index is -0.534. The van der Waals surface area contributed by atoms with Crippen molar-refractivity contribution in [2.45, 2.75) is 52.2 Å². The normalized spacial score (nSPS) is 18.6. The molecule has 2 rings (SSSR count). The number of ether oxygens (including phenoxy) is 2. The highest BCUT2D eigenvalue weighted by molar-refractivity contribution is 5.80. The summed E-state index contributed by atoms with van der Waals surface area (Å²) in [5.41, 5.74) is 0.514. The van der Waals surface area contributed by atoms with Gasteiger partial charge in [0.05, 0.1) is 19.1 Å². The van der Waals surface area contributed by atoms with Gasteiger partial charge in [-0.25, -0.2) is 4.79 Å². The Morgan fingerprint density at radius 2 is 1.85 bits per heavy atom. The highest BCUT2D eigenvalue weighted by Gasteiger charge is 2.33. The molecule has 0 aromatic heterocycles. The molecule has 0 saturated carbocycles. The van der Waals surface area contributed by atoms with Gasteiger partial charge in [-0.2, -0.15) is 0 Å². The van der Waals surface area contributed by atoms with Crippen molar-refractivity contribution in [1.82, 2.24) is 9.80 Å². The first-order valence-electron chi connectivity index (χ1n) is 9.51. The molecule has 27 heavy (non-hydrogen) atoms. The summed E-state index contributed by atoms with van der Waals surface area (Å²) in [6.07, 6.45) is 1.25. The van der Waals surface area contributed by atoms with E-state index in [4.69, 9.17) is 9.47 Å². The monoisotopic (exact) mass is 376 g/mol. The molecule has 6 nitrogen and oxygen atoms in total. The van der Waals surface area contributed by atoms with Crippen LogP contribution in [-0.4, -0.2) is 54.6 Å². The van der Waals surface area contributed by atoms with Crippen molar-refractivity contribution < 1.29 is 19.1 Å². The average molecular weight is 376 g/mol. The molecule has 1 heterocycles. The summed E-state index contributed by atoms with van der Waals surface area (Å²) in [6, 6.07) is 7.69. The Balaban J connectivity index is 2.01. The van der Waals surface area contributed by atoms with Gasteiger partial charge in [0.25, 0.3) is 0 Å². The minimum Gasteiger partial charge on any atom is -0.497 e. The van der Waals surface area contributed by atoms with Crippen LogP contribution in [0.25, 0.3) is 0 Å². The Labute approximate surface area is 162 Å². The summed E-state index contributed by atoms with van der Waals surface area (Å²) in [5.74, 6) is 0.656. The maximum atomic E-state index is 13.0. The van der Waals surface area contributed by atoms with E-state index in [0.717, 1.165) is 24.2 Å². The Morgan fingerprint density at radius 1 is 1.22 bits per heavy atom. The van der Waals surface area contributed by atoms with Crippen LogP contribution in [0.3, 0.4) is 0 Å². The minimum absolute atomic E-state index is 0.0553. The maximum absolute atomic E-state index is 13.0. The molecule has 0 bridgehead atoms. The number of likely N-dealkylation sites (tertiary alicyclic amines) is 1. The zero-order valence-corrected chi connectivity index (χ0v) is 17.3. The van der Waals surface area contributed by atoms with Gasteiger partial charge >= 0.3 is 6.09 Å². The number of benzene rings is 1. The second kappa shape index (κ2) is 8.63. The Kier molecular flexibility index (Phi) is 6.73. The van der Waals surface area contributed by atoms with Crippen molar-refractivity contribution in [3.8, 4) is 5.75 Å². The number of amides is 2. The predicted molar refractivity (Wildman–Crippen MR) is 105 cm³/mol. The van der Waals surface area contributed by atoms with Crippen LogP contribution in [0.5, 0.6) is 5.75 Å². The molecule has 1 saturated heterocycles. The summed E-state index contributed by atoms with van der Waals surface area (Å²) in [7, 11) is 3.46. The lowest BCUT2D eigenvalue weighted by molar-refractivity contribution is -0.137. The zero-order chi connectivity index (χ0) is 20.2. The van der Waals surface area contributed by atoms with Gasteiger partial charge in [0.2, 0.25) is 5.91 Å². The predicted octanol–water partition coefficient (Wildman–Crippen LogP) is 3.86. The SMILES string of the molecule is COc1ccc(C(C)N(C)C(=O)C2CCCN(C(=O)OC(C)(C)C)C2)cc1. The molecule has 1 aromatic rings. The second-order valence-corrected chi connectivity index (χ2v) is 8.16. The van der Waals surface area contributed by atoms with Crippen LogP contribution >= 0.6 is 0 Å². The van der Waals surface area contributed by atoms with E-state index in [-0.39, 0.29) is 24.0 Å². The van der Waals surface area contributed by atoms with Gasteiger partial charge < -0.3 is 19.3 Å². The summed E-state index contributed by atoms with van der Waals surface area (Å²) < 4.78 is 10.6. The van der Waals surface area contributed by atoms with Gasteiger partial charge in [0, 0.05) is 20.1 Å². The van der Waals surface area contributed by atoms with Crippen molar-refractivity contribution in [2.24, 2.45) is 5.92 Å². The molecule has 6 heteroatoms. The number of hydrogen-bond acceptors (Lipinski definition) is 4. The van der Waals surface area contributed by atoms with Gasteiger partial charge in [-0.3, -0.25) is 4.79 Å². The van der Waals surface area contributed by atoms with E-state index < -0.39 is 5.60 Å². The number of hydrogen-bond donors (Lipinski definition) is 0. The molecule has 2 amide bonds. The quantitative estimate of drug-likeness (QED) is 0.801. The topological polar surface area (TPSA) is 59.1 Å². The zero-order valence-electron chi connectivity index (χ0n) is 17.3. The lowest BCUT2D eigenvalue weighted by Crippen LogP contribution is -2.47. The molecule has 1 fully saturated rings. The summed E-state index contributed by atoms with van der Waals surface area (Å²) in [4.78, 5) is 28.8. The summed E-state index contributed by atoms with van der Waals surface area (Å²) in [5, 5.41) is 0. The standard InChI is InChI=1S/C21H32N2O4/c1-15(16-9-11-18(26-6)12-10-16)22(5)19(24)17-8-7-13-23(14-17)20(25)27-21(2,3)4/h9-12,15,17H,7-8,13-14H2,1-6H3. The summed E-state index contributed by atoms with van der Waals surface area (Å²) >= 11 is 0. The third-order valence-corrected chi connectivity index (χ3v) is 4.95. The largest absolute Gasteiger partial charge is 0.497 e. The highest BCUT2D eigenvalue weighted by Crippen LogP contribution is 2.26. The lowest BCUT2D eigenvalue weighted by Gasteiger charge is -2.36. The van der Waals surface area contributed by atoms with Gasteiger partial charge in [0.1, 0.15) is 11.4 Å². The summed E-state index contributed by atoms with van der Waals surface area (Å²) in [6.45, 7) is 8.60. The fourth-order valence-corrected chi connectivity index (χ4v) is 3.26. The number of carbonyl (C=O) groups excluding carboxylic acids is 2. The smallest absolute Gasteiger partial charge is 0.410 e. The van der Waals surface area contributed by atoms with Crippen molar-refractivity contribution in [1.29, 1.82) is 0 Å². The fraction of sp³-hybridized carbons (Fsp3) is 0.619. The molecule has 0 N–H and O–H groups in total. The Hall–Kier alpha value is -2.24. The van der Waals surface area contributed by atoms with Gasteiger partial charge in [-0.05, 0) is 58.2 Å². The first-order chi connectivity index (χ1) is 12.6. The van der Waals surface area contributed by atoms with Crippen LogP contribution in [-0.2, 0) is 9.53 Å². The third kappa shape index (κ3) is 5.62. The van der Waals surface area contributed by atoms with Crippen LogP contribution in [0.2, 0.25) is 0 Å². The van der Waals surface area contributed by atoms with Crippen LogP contribution in [0.4, 0.5) is 4.79 Å². The highest BCUT2D eigenvalue weighted by atomic mass is 16.6. The van der Waals surface area contributed by atoms with Gasteiger partial charge in [0.15, 0.2) is 0 Å². The van der Waals surface area contributed by atoms with E-state index in [1.807, 2.05) is 59.0 Å². The Bertz CT molecular complexity index is 651. The van der Waals surface area contributed by atoms with E-state index in [0.29, 0.717) is 13.1 Å². The molecule has 150 valence electrons. The third-order valence-electron chi connectivity index (χ3n) is 4.95. The number of rotatable bonds is 4. The van der Waals surface area contributed by atoms with Crippen molar-refractivity contribution in [2.75, 3.05) is 27.2 Å². The molecule has 2 unspecified atom stereocenters. The van der Waals surface area contributed by atoms with Crippen molar-refractivity contribution in [3.63, 3.8) is 0 Å². The molecular weight excluding hydrogens is 344 g/mol. The number of carbonyl (C=O) groups is 2. The number of piperidine rings is 1. The van der Waals surface area contributed by atoms with E-state index in [1.165, 1.54) is 0 Å². The van der Waals surface area contributed by atoms with Gasteiger partial charge in [-0.15, -0.1) is 0 Å². The number of nitrogens with zero attached hydrogens (tertiary/aromatic N) is 2. The molecule has 1 aliphatic heterocycles. The molecule has 2 atom stereocenters. The molecule has 0 spiro atoms. The number of methoxy groups -OCH3 is 1. The molecule has 1 aromatic carbocycles. The van der Waals surface area contributed by atoms with E-state index in [2.05, 4.69) is 0 Å². The molecular formula is C21H32N2O4. The van der Waals surface area contributed by atoms with Crippen molar-refractivity contribution in [3.05, 3.63) is 29.8 Å². The first kappa shape index (κ1) is 21.1. The molecule has 0 radical (unpaired) electrons. The van der Waals surface area contributed by atoms with Crippen LogP contribution in [0, 0.1) is 5.92 Å². The second-order valence-electron chi connectivity index (χ2n) is 8.16. The van der Waals surface area contributed by atoms with E-state index in [1.54, 1.807) is 16.9 Å². The first-order valence-corrected chi connectivity index (χ1v) is 9.51. The average Bonchev–Trinajstić information content (AvgIpc) is 2.65. The molecule has 0 aliphatic carbocycles. The van der Waals surface area contributed by atoms with E-state index in [9.17, 15) is 9.59 Å². The maximum Gasteiger partial charge on any atom is 0.410 e. The van der Waals surface area contributed by atoms with E-state index >= 15 is 0 Å². The van der Waals surface area contributed by atoms with Crippen molar-refractivity contribution >= 4 is 12.0 Å². The molecule has 1 aliphatic rings. The van der Waals surface area contributed by atoms with Gasteiger partial charge in [-0.1, -0.05) is 12.1 Å².